The van der Waals surface area contributed by atoms with E-state index in [2.05, 4.69) is 24.1 Å². The molecule has 4 nitrogen and oxygen atoms in total. The Kier molecular flexibility index (Phi) is 18.2. The van der Waals surface area contributed by atoms with Gasteiger partial charge in [0, 0.05) is 13.0 Å². The number of carbonyl (C=O) groups is 1. The number of aliphatic hydroxyl groups excluding tert-OH is 1. The number of carbonyl (C=O) groups excluding carboxylic acids is 1. The lowest BCUT2D eigenvalue weighted by Gasteiger charge is -2.20. The molecule has 0 radical (unpaired) electrons. The van der Waals surface area contributed by atoms with E-state index in [1.807, 2.05) is 0 Å². The van der Waals surface area contributed by atoms with Gasteiger partial charge in [-0.2, -0.15) is 0 Å². The van der Waals surface area contributed by atoms with Crippen molar-refractivity contribution >= 4 is 5.91 Å². The number of unbranched alkanes of at least 4 members (excludes halogenated alkanes) is 10. The predicted octanol–water partition coefficient (Wildman–Crippen LogP) is 4.47. The van der Waals surface area contributed by atoms with Crippen molar-refractivity contribution in [1.82, 2.24) is 10.2 Å². The van der Waals surface area contributed by atoms with Crippen LogP contribution in [0.5, 0.6) is 0 Å². The predicted molar refractivity (Wildman–Crippen MR) is 103 cm³/mol. The Bertz CT molecular complexity index is 272. The van der Waals surface area contributed by atoms with Crippen molar-refractivity contribution in [3.05, 3.63) is 0 Å². The Morgan fingerprint density at radius 1 is 0.833 bits per heavy atom. The van der Waals surface area contributed by atoms with Gasteiger partial charge in [0.15, 0.2) is 0 Å². The van der Waals surface area contributed by atoms with Crippen molar-refractivity contribution in [2.24, 2.45) is 0 Å². The fraction of sp³-hybridized carbons (Fsp3) is 0.950. The molecule has 0 spiro atoms. The Morgan fingerprint density at radius 3 is 2.04 bits per heavy atom. The molecule has 0 aromatic carbocycles. The lowest BCUT2D eigenvalue weighted by Crippen LogP contribution is -2.38. The summed E-state index contributed by atoms with van der Waals surface area (Å²) < 4.78 is 0. The van der Waals surface area contributed by atoms with Crippen molar-refractivity contribution in [2.75, 3.05) is 26.4 Å². The van der Waals surface area contributed by atoms with Crippen molar-refractivity contribution < 1.29 is 9.90 Å². The largest absolute Gasteiger partial charge is 0.396 e. The molecule has 144 valence electrons. The summed E-state index contributed by atoms with van der Waals surface area (Å²) in [5.41, 5.74) is 0. The highest BCUT2D eigenvalue weighted by Gasteiger charge is 2.05. The third-order valence-electron chi connectivity index (χ3n) is 4.59. The molecule has 0 aliphatic rings. The van der Waals surface area contributed by atoms with Crippen LogP contribution in [0.15, 0.2) is 0 Å². The molecule has 0 fully saturated rings. The summed E-state index contributed by atoms with van der Waals surface area (Å²) in [5.74, 6) is 0.203. The number of rotatable bonds is 18. The van der Waals surface area contributed by atoms with Crippen LogP contribution < -0.4 is 5.32 Å². The first-order valence-electron chi connectivity index (χ1n) is 10.3. The van der Waals surface area contributed by atoms with Gasteiger partial charge < -0.3 is 10.4 Å². The third kappa shape index (κ3) is 16.3. The number of amides is 1. The summed E-state index contributed by atoms with van der Waals surface area (Å²) >= 11 is 0. The molecule has 0 aliphatic heterocycles. The van der Waals surface area contributed by atoms with Gasteiger partial charge in [-0.3, -0.25) is 9.69 Å². The highest BCUT2D eigenvalue weighted by molar-refractivity contribution is 5.75. The molecule has 2 N–H and O–H groups in total. The van der Waals surface area contributed by atoms with E-state index in [1.54, 1.807) is 0 Å². The molecule has 0 saturated heterocycles. The van der Waals surface area contributed by atoms with Crippen molar-refractivity contribution in [3.8, 4) is 0 Å². The molecule has 0 atom stereocenters. The van der Waals surface area contributed by atoms with Crippen LogP contribution in [0, 0.1) is 0 Å². The van der Waals surface area contributed by atoms with E-state index in [0.29, 0.717) is 19.7 Å². The van der Waals surface area contributed by atoms with Crippen molar-refractivity contribution in [2.45, 2.75) is 97.3 Å². The molecule has 0 aliphatic carbocycles. The Hall–Kier alpha value is -0.610. The molecular formula is C20H42N2O2. The molecule has 0 saturated carbocycles. The van der Waals surface area contributed by atoms with Gasteiger partial charge in [0.25, 0.3) is 0 Å². The first-order chi connectivity index (χ1) is 11.7. The molecule has 1 amide bonds. The number of nitrogens with zero attached hydrogens (tertiary/aromatic N) is 1. The average molecular weight is 343 g/mol. The number of hydrogen-bond donors (Lipinski definition) is 2. The van der Waals surface area contributed by atoms with Gasteiger partial charge in [0.05, 0.1) is 6.67 Å². The van der Waals surface area contributed by atoms with E-state index in [0.717, 1.165) is 32.4 Å². The van der Waals surface area contributed by atoms with E-state index < -0.39 is 0 Å². The minimum atomic E-state index is 0.203. The Labute approximate surface area is 150 Å². The van der Waals surface area contributed by atoms with Gasteiger partial charge in [-0.25, -0.2) is 0 Å². The summed E-state index contributed by atoms with van der Waals surface area (Å²) in [6.45, 7) is 7.46. The maximum absolute atomic E-state index is 11.8. The second-order valence-electron chi connectivity index (χ2n) is 6.83. The maximum atomic E-state index is 11.8. The van der Waals surface area contributed by atoms with E-state index in [4.69, 9.17) is 5.11 Å². The van der Waals surface area contributed by atoms with Gasteiger partial charge >= 0.3 is 0 Å². The summed E-state index contributed by atoms with van der Waals surface area (Å²) in [5, 5.41) is 11.8. The lowest BCUT2D eigenvalue weighted by molar-refractivity contribution is -0.121. The van der Waals surface area contributed by atoms with Crippen LogP contribution in [0.1, 0.15) is 97.3 Å². The maximum Gasteiger partial charge on any atom is 0.220 e. The minimum Gasteiger partial charge on any atom is -0.396 e. The summed E-state index contributed by atoms with van der Waals surface area (Å²) in [6.07, 6.45) is 15.0. The highest BCUT2D eigenvalue weighted by Crippen LogP contribution is 2.08. The SMILES string of the molecule is CCCCCCCC(=O)NCN(CC)CCCCCCCCCO. The van der Waals surface area contributed by atoms with Crippen LogP contribution in [0.2, 0.25) is 0 Å². The first-order valence-corrected chi connectivity index (χ1v) is 10.3. The molecule has 0 unspecified atom stereocenters. The van der Waals surface area contributed by atoms with E-state index >= 15 is 0 Å². The summed E-state index contributed by atoms with van der Waals surface area (Å²) in [6, 6.07) is 0. The zero-order valence-electron chi connectivity index (χ0n) is 16.3. The van der Waals surface area contributed by atoms with Crippen LogP contribution in [0.3, 0.4) is 0 Å². The quantitative estimate of drug-likeness (QED) is 0.285. The van der Waals surface area contributed by atoms with Crippen molar-refractivity contribution in [3.63, 3.8) is 0 Å². The van der Waals surface area contributed by atoms with Crippen LogP contribution in [0.4, 0.5) is 0 Å². The van der Waals surface area contributed by atoms with Gasteiger partial charge in [-0.05, 0) is 32.4 Å². The van der Waals surface area contributed by atoms with E-state index in [-0.39, 0.29) is 5.91 Å². The number of aliphatic hydroxyl groups is 1. The molecule has 0 rings (SSSR count). The zero-order valence-corrected chi connectivity index (χ0v) is 16.3. The second-order valence-corrected chi connectivity index (χ2v) is 6.83. The second kappa shape index (κ2) is 18.7. The Balaban J connectivity index is 3.49. The molecule has 0 bridgehead atoms. The normalized spacial score (nSPS) is 11.2. The summed E-state index contributed by atoms with van der Waals surface area (Å²) in [4.78, 5) is 14.2. The molecule has 0 aromatic heterocycles. The highest BCUT2D eigenvalue weighted by atomic mass is 16.2. The fourth-order valence-corrected chi connectivity index (χ4v) is 2.86. The van der Waals surface area contributed by atoms with Crippen LogP contribution >= 0.6 is 0 Å². The van der Waals surface area contributed by atoms with Crippen molar-refractivity contribution in [1.29, 1.82) is 0 Å². The molecule has 0 heterocycles. The molecule has 0 aromatic rings. The van der Waals surface area contributed by atoms with Crippen LogP contribution in [0.25, 0.3) is 0 Å². The standard InChI is InChI=1S/C20H42N2O2/c1-3-5-6-10-13-16-20(24)21-19-22(4-2)17-14-11-8-7-9-12-15-18-23/h23H,3-19H2,1-2H3,(H,21,24). The van der Waals surface area contributed by atoms with Crippen LogP contribution in [-0.2, 0) is 4.79 Å². The van der Waals surface area contributed by atoms with Gasteiger partial charge in [0.1, 0.15) is 0 Å². The lowest BCUT2D eigenvalue weighted by atomic mass is 10.1. The topological polar surface area (TPSA) is 52.6 Å². The number of hydrogen-bond acceptors (Lipinski definition) is 3. The summed E-state index contributed by atoms with van der Waals surface area (Å²) in [7, 11) is 0. The number of nitrogens with one attached hydrogen (secondary N) is 1. The minimum absolute atomic E-state index is 0.203. The first kappa shape index (κ1) is 23.4. The average Bonchev–Trinajstić information content (AvgIpc) is 2.59. The third-order valence-corrected chi connectivity index (χ3v) is 4.59. The molecule has 24 heavy (non-hydrogen) atoms. The zero-order chi connectivity index (χ0) is 17.9. The van der Waals surface area contributed by atoms with E-state index in [1.165, 1.54) is 57.8 Å². The molecular weight excluding hydrogens is 300 g/mol. The monoisotopic (exact) mass is 342 g/mol. The van der Waals surface area contributed by atoms with E-state index in [9.17, 15) is 4.79 Å². The Morgan fingerprint density at radius 2 is 1.42 bits per heavy atom. The van der Waals surface area contributed by atoms with Gasteiger partial charge in [0.2, 0.25) is 5.91 Å². The fourth-order valence-electron chi connectivity index (χ4n) is 2.86. The van der Waals surface area contributed by atoms with Crippen LogP contribution in [-0.4, -0.2) is 42.3 Å². The van der Waals surface area contributed by atoms with Gasteiger partial charge in [-0.15, -0.1) is 0 Å². The smallest absolute Gasteiger partial charge is 0.220 e. The van der Waals surface area contributed by atoms with Gasteiger partial charge in [-0.1, -0.05) is 71.6 Å². The molecule has 4 heteroatoms.